The van der Waals surface area contributed by atoms with E-state index in [4.69, 9.17) is 12.2 Å². The van der Waals surface area contributed by atoms with E-state index in [1.54, 1.807) is 0 Å². The van der Waals surface area contributed by atoms with Gasteiger partial charge in [0.05, 0.1) is 0 Å². The van der Waals surface area contributed by atoms with Crippen LogP contribution in [0.2, 0.25) is 0 Å². The molecule has 0 saturated heterocycles. The molecule has 1 heterocycles. The van der Waals surface area contributed by atoms with Crippen molar-refractivity contribution in [3.05, 3.63) is 83.4 Å². The molecule has 0 radical (unpaired) electrons. The zero-order valence-corrected chi connectivity index (χ0v) is 12.0. The van der Waals surface area contributed by atoms with Crippen LogP contribution in [0, 0.1) is 11.7 Å². The molecule has 0 aliphatic heterocycles. The molecule has 0 saturated carbocycles. The summed E-state index contributed by atoms with van der Waals surface area (Å²) in [6, 6.07) is 22.4. The molecule has 3 aromatic rings. The normalized spacial score (nSPS) is 10.4. The van der Waals surface area contributed by atoms with Gasteiger partial charge in [0.1, 0.15) is 23.3 Å². The van der Waals surface area contributed by atoms with Crippen molar-refractivity contribution < 1.29 is 4.57 Å². The van der Waals surface area contributed by atoms with Gasteiger partial charge in [0.2, 0.25) is 0 Å². The Morgan fingerprint density at radius 1 is 0.850 bits per heavy atom. The number of para-hydroxylation sites is 2. The summed E-state index contributed by atoms with van der Waals surface area (Å²) in [6.07, 6.45) is 2.02. The third-order valence-corrected chi connectivity index (χ3v) is 3.64. The van der Waals surface area contributed by atoms with Gasteiger partial charge in [0.25, 0.3) is 0 Å². The topological polar surface area (TPSA) is 8.81 Å². The lowest BCUT2D eigenvalue weighted by Gasteiger charge is -2.07. The molecule has 2 aromatic carbocycles. The van der Waals surface area contributed by atoms with Crippen LogP contribution in [-0.4, -0.2) is 4.57 Å². The van der Waals surface area contributed by atoms with Gasteiger partial charge in [-0.3, -0.25) is 0 Å². The van der Waals surface area contributed by atoms with E-state index in [0.29, 0.717) is 0 Å². The van der Waals surface area contributed by atoms with Gasteiger partial charge >= 0.3 is 4.77 Å². The van der Waals surface area contributed by atoms with Gasteiger partial charge in [-0.1, -0.05) is 36.4 Å². The summed E-state index contributed by atoms with van der Waals surface area (Å²) in [7, 11) is 0. The Bertz CT molecular complexity index is 777. The highest BCUT2D eigenvalue weighted by Crippen LogP contribution is 2.09. The van der Waals surface area contributed by atoms with E-state index in [1.165, 1.54) is 0 Å². The summed E-state index contributed by atoms with van der Waals surface area (Å²) < 4.78 is 4.87. The zero-order valence-electron chi connectivity index (χ0n) is 11.2. The maximum absolute atomic E-state index is 5.67. The van der Waals surface area contributed by atoms with E-state index in [1.807, 2.05) is 47.2 Å². The monoisotopic (exact) mass is 279 g/mol. The van der Waals surface area contributed by atoms with Crippen molar-refractivity contribution in [2.24, 2.45) is 0 Å². The highest BCUT2D eigenvalue weighted by Gasteiger charge is 2.13. The highest BCUT2D eigenvalue weighted by atomic mass is 32.1. The highest BCUT2D eigenvalue weighted by molar-refractivity contribution is 7.71. The molecule has 20 heavy (non-hydrogen) atoms. The molecule has 0 aliphatic carbocycles. The second-order valence-electron chi connectivity index (χ2n) is 4.62. The Labute approximate surface area is 123 Å². The van der Waals surface area contributed by atoms with Gasteiger partial charge in [0, 0.05) is 18.3 Å². The lowest BCUT2D eigenvalue weighted by molar-refractivity contribution is -0.614. The first-order chi connectivity index (χ1) is 9.77. The number of benzene rings is 2. The number of aryl methyl sites for hydroxylation is 1. The van der Waals surface area contributed by atoms with Gasteiger partial charge in [-0.25, -0.2) is 0 Å². The fourth-order valence-electron chi connectivity index (χ4n) is 2.26. The van der Waals surface area contributed by atoms with Crippen LogP contribution in [-0.2, 0) is 0 Å². The number of aromatic nitrogens is 2. The predicted molar refractivity (Wildman–Crippen MR) is 82.9 cm³/mol. The lowest BCUT2D eigenvalue weighted by Crippen LogP contribution is -2.38. The van der Waals surface area contributed by atoms with E-state index in [2.05, 4.69) is 41.8 Å². The summed E-state index contributed by atoms with van der Waals surface area (Å²) >= 11 is 5.67. The van der Waals surface area contributed by atoms with Gasteiger partial charge in [-0.2, -0.15) is 9.13 Å². The predicted octanol–water partition coefficient (Wildman–Crippen LogP) is 3.79. The molecule has 0 fully saturated rings. The Morgan fingerprint density at radius 3 is 2.10 bits per heavy atom. The molecular weight excluding hydrogens is 264 g/mol. The fourth-order valence-corrected chi connectivity index (χ4v) is 2.67. The molecule has 3 heteroatoms. The molecule has 0 spiro atoms. The first kappa shape index (κ1) is 12.8. The van der Waals surface area contributed by atoms with Gasteiger partial charge in [0.15, 0.2) is 0 Å². The number of hydrogen-bond acceptors (Lipinski definition) is 1. The molecule has 3 rings (SSSR count). The van der Waals surface area contributed by atoms with Crippen LogP contribution in [0.25, 0.3) is 11.4 Å². The molecule has 0 aliphatic rings. The maximum atomic E-state index is 5.67. The Kier molecular flexibility index (Phi) is 3.44. The SMILES string of the molecule is Cc1ccn(-c2ccccc2)c(=S)[n+]1-c1ccccc1. The molecule has 0 N–H and O–H groups in total. The first-order valence-electron chi connectivity index (χ1n) is 6.52. The Morgan fingerprint density at radius 2 is 1.45 bits per heavy atom. The van der Waals surface area contributed by atoms with Crippen molar-refractivity contribution in [3.63, 3.8) is 0 Å². The van der Waals surface area contributed by atoms with Gasteiger partial charge < -0.3 is 0 Å². The lowest BCUT2D eigenvalue weighted by atomic mass is 10.3. The minimum atomic E-state index is 0.766. The molecule has 1 aromatic heterocycles. The van der Waals surface area contributed by atoms with Crippen LogP contribution in [0.5, 0.6) is 0 Å². The van der Waals surface area contributed by atoms with Crippen LogP contribution in [0.3, 0.4) is 0 Å². The minimum Gasteiger partial charge on any atom is -0.189 e. The zero-order chi connectivity index (χ0) is 13.9. The quantitative estimate of drug-likeness (QED) is 0.512. The van der Waals surface area contributed by atoms with Crippen molar-refractivity contribution in [1.29, 1.82) is 0 Å². The summed E-state index contributed by atoms with van der Waals surface area (Å²) in [5.41, 5.74) is 3.27. The van der Waals surface area contributed by atoms with E-state index < -0.39 is 0 Å². The van der Waals surface area contributed by atoms with Gasteiger partial charge in [-0.15, -0.1) is 0 Å². The van der Waals surface area contributed by atoms with Crippen LogP contribution >= 0.6 is 12.2 Å². The summed E-state index contributed by atoms with van der Waals surface area (Å²) in [5.74, 6) is 0. The largest absolute Gasteiger partial charge is 0.361 e. The van der Waals surface area contributed by atoms with Crippen LogP contribution in [0.4, 0.5) is 0 Å². The third kappa shape index (κ3) is 2.28. The van der Waals surface area contributed by atoms with Crippen molar-refractivity contribution in [2.75, 3.05) is 0 Å². The van der Waals surface area contributed by atoms with Crippen molar-refractivity contribution >= 4 is 12.2 Å². The summed E-state index contributed by atoms with van der Waals surface area (Å²) in [5, 5.41) is 0. The maximum Gasteiger partial charge on any atom is 0.361 e. The van der Waals surface area contributed by atoms with E-state index in [0.717, 1.165) is 21.8 Å². The average Bonchev–Trinajstić information content (AvgIpc) is 2.49. The minimum absolute atomic E-state index is 0.766. The third-order valence-electron chi connectivity index (χ3n) is 3.26. The Hall–Kier alpha value is -2.26. The second-order valence-corrected chi connectivity index (χ2v) is 4.98. The average molecular weight is 279 g/mol. The van der Waals surface area contributed by atoms with E-state index in [-0.39, 0.29) is 0 Å². The molecule has 0 bridgehead atoms. The van der Waals surface area contributed by atoms with Crippen molar-refractivity contribution in [3.8, 4) is 11.4 Å². The van der Waals surface area contributed by atoms with Crippen molar-refractivity contribution in [1.82, 2.24) is 4.57 Å². The van der Waals surface area contributed by atoms with Crippen molar-refractivity contribution in [2.45, 2.75) is 6.92 Å². The summed E-state index contributed by atoms with van der Waals surface area (Å²) in [4.78, 5) is 0. The molecule has 0 unspecified atom stereocenters. The molecule has 98 valence electrons. The summed E-state index contributed by atoms with van der Waals surface area (Å²) in [6.45, 7) is 2.07. The molecule has 0 amide bonds. The standard InChI is InChI=1S/C17H15N2S/c1-14-12-13-18(15-8-4-2-5-9-15)17(20)19(14)16-10-6-3-7-11-16/h2-13H,1H3/q+1. The van der Waals surface area contributed by atoms with Crippen LogP contribution in [0.15, 0.2) is 72.9 Å². The van der Waals surface area contributed by atoms with Gasteiger partial charge in [-0.05, 0) is 31.2 Å². The fraction of sp³-hybridized carbons (Fsp3) is 0.0588. The Balaban J connectivity index is 2.25. The molecule has 0 atom stereocenters. The number of hydrogen-bond donors (Lipinski definition) is 0. The smallest absolute Gasteiger partial charge is 0.189 e. The molecular formula is C17H15N2S+. The first-order valence-corrected chi connectivity index (χ1v) is 6.93. The second kappa shape index (κ2) is 5.39. The van der Waals surface area contributed by atoms with E-state index >= 15 is 0 Å². The van der Waals surface area contributed by atoms with Crippen LogP contribution in [0.1, 0.15) is 5.69 Å². The number of nitrogens with zero attached hydrogens (tertiary/aromatic N) is 2. The van der Waals surface area contributed by atoms with Crippen LogP contribution < -0.4 is 4.57 Å². The van der Waals surface area contributed by atoms with E-state index in [9.17, 15) is 0 Å². The molecule has 2 nitrogen and oxygen atoms in total. The number of rotatable bonds is 2.